The van der Waals surface area contributed by atoms with Crippen LogP contribution in [-0.4, -0.2) is 20.9 Å². The van der Waals surface area contributed by atoms with E-state index in [-0.39, 0.29) is 16.9 Å². The molecule has 19 heavy (non-hydrogen) atoms. The van der Waals surface area contributed by atoms with Crippen LogP contribution in [0.4, 0.5) is 13.2 Å². The summed E-state index contributed by atoms with van der Waals surface area (Å²) in [6, 6.07) is 1.27. The lowest BCUT2D eigenvalue weighted by Gasteiger charge is -2.20. The molecule has 2 aromatic rings. The summed E-state index contributed by atoms with van der Waals surface area (Å²) < 4.78 is 40.5. The number of fused-ring (bicyclic) bond motifs is 2. The molecule has 1 aliphatic carbocycles. The average molecular weight is 269 g/mol. The molecule has 0 saturated heterocycles. The minimum Gasteiger partial charge on any atom is -0.296 e. The fraction of sp³-hybridized carbons (Fsp3) is 0.417. The van der Waals surface area contributed by atoms with Gasteiger partial charge in [-0.1, -0.05) is 0 Å². The van der Waals surface area contributed by atoms with E-state index in [1.165, 1.54) is 6.07 Å². The maximum Gasteiger partial charge on any atom is 0.433 e. The van der Waals surface area contributed by atoms with Crippen molar-refractivity contribution in [3.8, 4) is 0 Å². The minimum absolute atomic E-state index is 0.0413. The number of carbonyl (C=O) groups excluding carboxylic acids is 1. The highest BCUT2D eigenvalue weighted by Gasteiger charge is 2.39. The van der Waals surface area contributed by atoms with E-state index < -0.39 is 11.9 Å². The molecular formula is C12H10F3N3O. The summed E-state index contributed by atoms with van der Waals surface area (Å²) in [7, 11) is 0. The van der Waals surface area contributed by atoms with Crippen LogP contribution in [0.1, 0.15) is 40.3 Å². The third-order valence-corrected chi connectivity index (χ3v) is 3.28. The van der Waals surface area contributed by atoms with Gasteiger partial charge in [-0.2, -0.15) is 18.3 Å². The third-order valence-electron chi connectivity index (χ3n) is 3.28. The number of hydrogen-bond acceptors (Lipinski definition) is 3. The first-order chi connectivity index (χ1) is 9.00. The van der Waals surface area contributed by atoms with Gasteiger partial charge < -0.3 is 0 Å². The number of aryl methyl sites for hydroxylation is 1. The zero-order valence-corrected chi connectivity index (χ0v) is 9.87. The molecule has 0 amide bonds. The zero-order chi connectivity index (χ0) is 13.6. The lowest BCUT2D eigenvalue weighted by Crippen LogP contribution is -2.21. The molecule has 0 radical (unpaired) electrons. The fourth-order valence-corrected chi connectivity index (χ4v) is 2.52. The van der Waals surface area contributed by atoms with Crippen molar-refractivity contribution < 1.29 is 18.0 Å². The molecular weight excluding hydrogens is 259 g/mol. The molecule has 3 rings (SSSR count). The summed E-state index contributed by atoms with van der Waals surface area (Å²) in [6.45, 7) is 0. The minimum atomic E-state index is -4.51. The quantitative estimate of drug-likeness (QED) is 0.747. The molecule has 0 aliphatic heterocycles. The van der Waals surface area contributed by atoms with E-state index in [0.717, 1.165) is 10.9 Å². The predicted molar refractivity (Wildman–Crippen MR) is 60.0 cm³/mol. The van der Waals surface area contributed by atoms with E-state index in [0.29, 0.717) is 31.2 Å². The van der Waals surface area contributed by atoms with Crippen molar-refractivity contribution >= 4 is 11.9 Å². The van der Waals surface area contributed by atoms with Gasteiger partial charge in [0, 0.05) is 17.3 Å². The molecule has 100 valence electrons. The van der Waals surface area contributed by atoms with Gasteiger partial charge in [0.1, 0.15) is 5.69 Å². The first-order valence-corrected chi connectivity index (χ1v) is 5.94. The molecule has 4 nitrogen and oxygen atoms in total. The van der Waals surface area contributed by atoms with Crippen molar-refractivity contribution in [3.05, 3.63) is 28.7 Å². The van der Waals surface area contributed by atoms with E-state index in [9.17, 15) is 18.0 Å². The van der Waals surface area contributed by atoms with Crippen LogP contribution in [-0.2, 0) is 19.0 Å². The van der Waals surface area contributed by atoms with Gasteiger partial charge in [0.05, 0.1) is 0 Å². The van der Waals surface area contributed by atoms with Gasteiger partial charge in [-0.15, -0.1) is 0 Å². The summed E-state index contributed by atoms with van der Waals surface area (Å²) in [5.41, 5.74) is -0.0639. The van der Waals surface area contributed by atoms with E-state index in [4.69, 9.17) is 0 Å². The summed E-state index contributed by atoms with van der Waals surface area (Å²) >= 11 is 0. The van der Waals surface area contributed by atoms with E-state index in [2.05, 4.69) is 10.1 Å². The summed E-state index contributed by atoms with van der Waals surface area (Å²) in [4.78, 5) is 14.9. The number of nitrogens with zero attached hydrogens (tertiary/aromatic N) is 3. The maximum atomic E-state index is 13.2. The Kier molecular flexibility index (Phi) is 2.58. The van der Waals surface area contributed by atoms with Crippen LogP contribution in [0.25, 0.3) is 5.65 Å². The van der Waals surface area contributed by atoms with Crippen molar-refractivity contribution in [2.45, 2.75) is 31.9 Å². The highest BCUT2D eigenvalue weighted by Crippen LogP contribution is 2.36. The molecule has 1 aliphatic rings. The third kappa shape index (κ3) is 1.89. The Balaban J connectivity index is 2.38. The van der Waals surface area contributed by atoms with Gasteiger partial charge in [-0.25, -0.2) is 9.50 Å². The Labute approximate surface area is 106 Å². The number of aldehydes is 1. The second kappa shape index (κ2) is 4.04. The monoisotopic (exact) mass is 269 g/mol. The molecule has 0 unspecified atom stereocenters. The van der Waals surface area contributed by atoms with Crippen LogP contribution in [0.2, 0.25) is 0 Å². The van der Waals surface area contributed by atoms with Crippen molar-refractivity contribution in [1.82, 2.24) is 14.6 Å². The molecule has 0 aromatic carbocycles. The van der Waals surface area contributed by atoms with E-state index in [1.807, 2.05) is 0 Å². The number of rotatable bonds is 1. The lowest BCUT2D eigenvalue weighted by atomic mass is 9.94. The van der Waals surface area contributed by atoms with Gasteiger partial charge in [0.25, 0.3) is 0 Å². The Hall–Kier alpha value is -1.92. The van der Waals surface area contributed by atoms with E-state index >= 15 is 0 Å². The van der Waals surface area contributed by atoms with Crippen molar-refractivity contribution in [3.63, 3.8) is 0 Å². The normalized spacial score (nSPS) is 15.5. The molecule has 0 N–H and O–H groups in total. The topological polar surface area (TPSA) is 47.3 Å². The highest BCUT2D eigenvalue weighted by atomic mass is 19.4. The SMILES string of the molecule is O=Cc1cc2nc3c(c(C(F)(F)F)n2n1)CCCC3. The van der Waals surface area contributed by atoms with Crippen LogP contribution in [0.15, 0.2) is 6.07 Å². The first kappa shape index (κ1) is 12.1. The molecule has 0 spiro atoms. The molecule has 0 saturated carbocycles. The zero-order valence-electron chi connectivity index (χ0n) is 9.87. The smallest absolute Gasteiger partial charge is 0.296 e. The largest absolute Gasteiger partial charge is 0.433 e. The molecule has 7 heteroatoms. The fourth-order valence-electron chi connectivity index (χ4n) is 2.52. The number of halogens is 3. The molecule has 0 bridgehead atoms. The molecule has 0 fully saturated rings. The molecule has 0 atom stereocenters. The second-order valence-electron chi connectivity index (χ2n) is 4.55. The van der Waals surface area contributed by atoms with E-state index in [1.54, 1.807) is 0 Å². The second-order valence-corrected chi connectivity index (χ2v) is 4.55. The van der Waals surface area contributed by atoms with Crippen LogP contribution in [0, 0.1) is 0 Å². The molecule has 2 aromatic heterocycles. The maximum absolute atomic E-state index is 13.2. The van der Waals surface area contributed by atoms with Crippen molar-refractivity contribution in [1.29, 1.82) is 0 Å². The highest BCUT2D eigenvalue weighted by molar-refractivity contribution is 5.74. The van der Waals surface area contributed by atoms with Crippen LogP contribution < -0.4 is 0 Å². The Bertz CT molecular complexity index is 660. The number of hydrogen-bond donors (Lipinski definition) is 0. The van der Waals surface area contributed by atoms with Gasteiger partial charge in [0.2, 0.25) is 0 Å². The summed E-state index contributed by atoms with van der Waals surface area (Å²) in [6.07, 6.45) is -1.64. The Morgan fingerprint density at radius 2 is 2.00 bits per heavy atom. The number of aromatic nitrogens is 3. The van der Waals surface area contributed by atoms with Crippen LogP contribution in [0.3, 0.4) is 0 Å². The van der Waals surface area contributed by atoms with Crippen molar-refractivity contribution in [2.24, 2.45) is 0 Å². The van der Waals surface area contributed by atoms with Crippen molar-refractivity contribution in [2.75, 3.05) is 0 Å². The van der Waals surface area contributed by atoms with Crippen LogP contribution in [0.5, 0.6) is 0 Å². The standard InChI is InChI=1S/C12H10F3N3O/c13-12(14,15)11-8-3-1-2-4-9(8)16-10-5-7(6-19)17-18(10)11/h5-6H,1-4H2. The van der Waals surface area contributed by atoms with Gasteiger partial charge in [-0.05, 0) is 25.7 Å². The van der Waals surface area contributed by atoms with Crippen LogP contribution >= 0.6 is 0 Å². The van der Waals surface area contributed by atoms with Gasteiger partial charge in [-0.3, -0.25) is 4.79 Å². The summed E-state index contributed by atoms with van der Waals surface area (Å²) in [5, 5.41) is 3.67. The van der Waals surface area contributed by atoms with Gasteiger partial charge >= 0.3 is 6.18 Å². The average Bonchev–Trinajstić information content (AvgIpc) is 2.76. The molecule has 2 heterocycles. The summed E-state index contributed by atoms with van der Waals surface area (Å²) in [5.74, 6) is 0. The number of carbonyl (C=O) groups is 1. The number of alkyl halides is 3. The predicted octanol–water partition coefficient (Wildman–Crippen LogP) is 2.44. The first-order valence-electron chi connectivity index (χ1n) is 5.94. The Morgan fingerprint density at radius 3 is 2.68 bits per heavy atom. The Morgan fingerprint density at radius 1 is 1.26 bits per heavy atom. The van der Waals surface area contributed by atoms with Gasteiger partial charge in [0.15, 0.2) is 17.6 Å². The lowest BCUT2D eigenvalue weighted by molar-refractivity contribution is -0.143.